The average molecular weight is 274 g/mol. The van der Waals surface area contributed by atoms with E-state index >= 15 is 0 Å². The molecule has 3 heteroatoms. The van der Waals surface area contributed by atoms with Crippen LogP contribution < -0.4 is 0 Å². The highest BCUT2D eigenvalue weighted by Crippen LogP contribution is 2.39. The van der Waals surface area contributed by atoms with Gasteiger partial charge in [-0.1, -0.05) is 32.8 Å². The van der Waals surface area contributed by atoms with Gasteiger partial charge in [0.1, 0.15) is 0 Å². The third-order valence-corrected chi connectivity index (χ3v) is 5.17. The van der Waals surface area contributed by atoms with Crippen molar-refractivity contribution >= 4 is 23.3 Å². The average Bonchev–Trinajstić information content (AvgIpc) is 2.68. The Morgan fingerprint density at radius 2 is 2.05 bits per heavy atom. The lowest BCUT2D eigenvalue weighted by Gasteiger charge is -2.35. The summed E-state index contributed by atoms with van der Waals surface area (Å²) in [6, 6.07) is 7.13. The molecule has 2 nitrogen and oxygen atoms in total. The van der Waals surface area contributed by atoms with Crippen molar-refractivity contribution in [2.24, 2.45) is 11.8 Å². The van der Waals surface area contributed by atoms with Crippen molar-refractivity contribution < 1.29 is 0 Å². The summed E-state index contributed by atoms with van der Waals surface area (Å²) in [4.78, 5) is 3.38. The molecule has 1 aromatic heterocycles. The first-order valence-electron chi connectivity index (χ1n) is 7.29. The summed E-state index contributed by atoms with van der Waals surface area (Å²) >= 11 is 5.58. The Morgan fingerprint density at radius 3 is 2.84 bits per heavy atom. The Hall–Kier alpha value is -1.09. The zero-order valence-corrected chi connectivity index (χ0v) is 12.8. The summed E-state index contributed by atoms with van der Waals surface area (Å²) < 4.78 is 3.25. The quantitative estimate of drug-likeness (QED) is 0.725. The zero-order valence-electron chi connectivity index (χ0n) is 11.9. The molecule has 2 aromatic rings. The van der Waals surface area contributed by atoms with E-state index in [1.165, 1.54) is 35.9 Å². The smallest absolute Gasteiger partial charge is 0.178 e. The lowest BCUT2D eigenvalue weighted by molar-refractivity contribution is 0.188. The third kappa shape index (κ3) is 2.14. The number of nitrogens with one attached hydrogen (secondary N) is 1. The van der Waals surface area contributed by atoms with Gasteiger partial charge >= 0.3 is 0 Å². The minimum absolute atomic E-state index is 0.549. The molecule has 0 aliphatic heterocycles. The fourth-order valence-corrected chi connectivity index (χ4v) is 3.84. The van der Waals surface area contributed by atoms with Crippen molar-refractivity contribution in [3.05, 3.63) is 28.5 Å². The van der Waals surface area contributed by atoms with Crippen LogP contribution in [0, 0.1) is 23.5 Å². The Balaban J connectivity index is 2.14. The van der Waals surface area contributed by atoms with Crippen LogP contribution in [0.4, 0.5) is 0 Å². The maximum Gasteiger partial charge on any atom is 0.178 e. The Kier molecular flexibility index (Phi) is 3.25. The van der Waals surface area contributed by atoms with Crippen LogP contribution in [0.2, 0.25) is 0 Å². The van der Waals surface area contributed by atoms with Gasteiger partial charge in [-0.25, -0.2) is 0 Å². The molecule has 0 spiro atoms. The number of imidazole rings is 1. The lowest BCUT2D eigenvalue weighted by atomic mass is 9.78. The van der Waals surface area contributed by atoms with Crippen molar-refractivity contribution in [2.45, 2.75) is 46.1 Å². The number of aromatic amines is 1. The summed E-state index contributed by atoms with van der Waals surface area (Å²) in [5.74, 6) is 1.48. The Labute approximate surface area is 119 Å². The van der Waals surface area contributed by atoms with E-state index in [2.05, 4.69) is 48.5 Å². The second-order valence-corrected chi connectivity index (χ2v) is 6.54. The molecule has 0 radical (unpaired) electrons. The number of hydrogen-bond acceptors (Lipinski definition) is 1. The lowest BCUT2D eigenvalue weighted by Crippen LogP contribution is -2.27. The first-order chi connectivity index (χ1) is 9.08. The van der Waals surface area contributed by atoms with E-state index in [1.807, 2.05) is 0 Å². The molecule has 102 valence electrons. The van der Waals surface area contributed by atoms with E-state index in [-0.39, 0.29) is 0 Å². The normalized spacial score (nSPS) is 27.8. The molecule has 1 heterocycles. The van der Waals surface area contributed by atoms with Gasteiger partial charge in [-0.05, 0) is 55.1 Å². The van der Waals surface area contributed by atoms with Crippen LogP contribution in [0.3, 0.4) is 0 Å². The van der Waals surface area contributed by atoms with Crippen molar-refractivity contribution in [2.75, 3.05) is 0 Å². The maximum atomic E-state index is 5.58. The van der Waals surface area contributed by atoms with E-state index in [0.717, 1.165) is 10.7 Å². The first-order valence-corrected chi connectivity index (χ1v) is 7.69. The molecule has 1 saturated carbocycles. The van der Waals surface area contributed by atoms with Crippen LogP contribution >= 0.6 is 12.2 Å². The third-order valence-electron chi connectivity index (χ3n) is 4.87. The van der Waals surface area contributed by atoms with E-state index in [4.69, 9.17) is 12.2 Å². The molecule has 1 aliphatic carbocycles. The highest BCUT2D eigenvalue weighted by molar-refractivity contribution is 7.71. The molecule has 19 heavy (non-hydrogen) atoms. The Bertz CT molecular complexity index is 652. The van der Waals surface area contributed by atoms with Crippen LogP contribution in [0.15, 0.2) is 18.2 Å². The standard InChI is InChI=1S/C16H22N2S/c1-10-7-8-15-13(9-10)17-16(19)18(15)14-6-4-5-11(2)12(14)3/h7-9,11-12,14H,4-6H2,1-3H3,(H,17,19). The summed E-state index contributed by atoms with van der Waals surface area (Å²) in [6.45, 7) is 6.88. The van der Waals surface area contributed by atoms with Crippen LogP contribution in [-0.4, -0.2) is 9.55 Å². The Morgan fingerprint density at radius 1 is 1.26 bits per heavy atom. The molecular formula is C16H22N2S. The minimum atomic E-state index is 0.549. The van der Waals surface area contributed by atoms with Crippen molar-refractivity contribution in [3.63, 3.8) is 0 Å². The second-order valence-electron chi connectivity index (χ2n) is 6.16. The van der Waals surface area contributed by atoms with Gasteiger partial charge in [0.05, 0.1) is 11.0 Å². The van der Waals surface area contributed by atoms with Gasteiger partial charge < -0.3 is 9.55 Å². The fourth-order valence-electron chi connectivity index (χ4n) is 3.49. The van der Waals surface area contributed by atoms with E-state index in [1.54, 1.807) is 0 Å². The van der Waals surface area contributed by atoms with Gasteiger partial charge in [-0.15, -0.1) is 0 Å². The summed E-state index contributed by atoms with van der Waals surface area (Å²) in [6.07, 6.45) is 3.92. The van der Waals surface area contributed by atoms with Crippen molar-refractivity contribution in [1.29, 1.82) is 0 Å². The van der Waals surface area contributed by atoms with Gasteiger partial charge in [0.15, 0.2) is 4.77 Å². The first kappa shape index (κ1) is 12.9. The summed E-state index contributed by atoms with van der Waals surface area (Å²) in [5, 5.41) is 0. The second kappa shape index (κ2) is 4.78. The molecule has 3 rings (SSSR count). The van der Waals surface area contributed by atoms with Crippen LogP contribution in [0.5, 0.6) is 0 Å². The molecule has 0 saturated heterocycles. The van der Waals surface area contributed by atoms with Gasteiger partial charge in [0.2, 0.25) is 0 Å². The molecule has 1 aromatic carbocycles. The van der Waals surface area contributed by atoms with Crippen molar-refractivity contribution in [1.82, 2.24) is 9.55 Å². The molecule has 3 atom stereocenters. The topological polar surface area (TPSA) is 20.7 Å². The number of nitrogens with zero attached hydrogens (tertiary/aromatic N) is 1. The maximum absolute atomic E-state index is 5.58. The summed E-state index contributed by atoms with van der Waals surface area (Å²) in [7, 11) is 0. The number of hydrogen-bond donors (Lipinski definition) is 1. The van der Waals surface area contributed by atoms with Gasteiger partial charge in [0.25, 0.3) is 0 Å². The fraction of sp³-hybridized carbons (Fsp3) is 0.562. The zero-order chi connectivity index (χ0) is 13.6. The molecule has 1 N–H and O–H groups in total. The van der Waals surface area contributed by atoms with E-state index in [0.29, 0.717) is 12.0 Å². The molecule has 1 aliphatic rings. The van der Waals surface area contributed by atoms with Gasteiger partial charge in [-0.2, -0.15) is 0 Å². The largest absolute Gasteiger partial charge is 0.331 e. The highest BCUT2D eigenvalue weighted by atomic mass is 32.1. The predicted molar refractivity (Wildman–Crippen MR) is 83.1 cm³/mol. The van der Waals surface area contributed by atoms with Gasteiger partial charge in [-0.3, -0.25) is 0 Å². The SMILES string of the molecule is Cc1ccc2c(c1)[nH]c(=S)n2C1CCCC(C)C1C. The van der Waals surface area contributed by atoms with Crippen molar-refractivity contribution in [3.8, 4) is 0 Å². The number of fused-ring (bicyclic) bond motifs is 1. The molecule has 1 fully saturated rings. The number of benzene rings is 1. The van der Waals surface area contributed by atoms with E-state index in [9.17, 15) is 0 Å². The molecule has 0 amide bonds. The molecular weight excluding hydrogens is 252 g/mol. The number of aryl methyl sites for hydroxylation is 1. The highest BCUT2D eigenvalue weighted by Gasteiger charge is 2.29. The van der Waals surface area contributed by atoms with E-state index < -0.39 is 0 Å². The molecule has 0 bridgehead atoms. The van der Waals surface area contributed by atoms with Crippen LogP contribution in [0.25, 0.3) is 11.0 Å². The number of H-pyrrole nitrogens is 1. The van der Waals surface area contributed by atoms with Gasteiger partial charge in [0, 0.05) is 6.04 Å². The minimum Gasteiger partial charge on any atom is -0.331 e. The monoisotopic (exact) mass is 274 g/mol. The van der Waals surface area contributed by atoms with Crippen LogP contribution in [0.1, 0.15) is 44.7 Å². The van der Waals surface area contributed by atoms with Crippen LogP contribution in [-0.2, 0) is 0 Å². The number of rotatable bonds is 1. The number of aromatic nitrogens is 2. The summed E-state index contributed by atoms with van der Waals surface area (Å²) in [5.41, 5.74) is 3.72. The predicted octanol–water partition coefficient (Wildman–Crippen LogP) is 5.00. The molecule has 3 unspecified atom stereocenters.